The molecule has 2 rings (SSSR count). The van der Waals surface area contributed by atoms with Gasteiger partial charge in [0.2, 0.25) is 0 Å². The molecule has 0 unspecified atom stereocenters. The first kappa shape index (κ1) is 13.8. The zero-order chi connectivity index (χ0) is 12.8. The number of nitrogens with one attached hydrogen (secondary N) is 1. The Bertz CT molecular complexity index is 351. The highest BCUT2D eigenvalue weighted by Crippen LogP contribution is 2.19. The van der Waals surface area contributed by atoms with Crippen LogP contribution in [-0.4, -0.2) is 31.2 Å². The van der Waals surface area contributed by atoms with Gasteiger partial charge in [0.05, 0.1) is 6.10 Å². The quantitative estimate of drug-likeness (QED) is 0.888. The van der Waals surface area contributed by atoms with E-state index in [1.165, 1.54) is 36.5 Å². The van der Waals surface area contributed by atoms with Gasteiger partial charge in [-0.1, -0.05) is 12.1 Å². The molecule has 1 aromatic rings. The third-order valence-electron chi connectivity index (χ3n) is 3.28. The van der Waals surface area contributed by atoms with Crippen LogP contribution in [0.15, 0.2) is 24.3 Å². The van der Waals surface area contributed by atoms with Gasteiger partial charge in [0.15, 0.2) is 0 Å². The van der Waals surface area contributed by atoms with E-state index in [2.05, 4.69) is 5.32 Å². The van der Waals surface area contributed by atoms with Gasteiger partial charge in [-0.3, -0.25) is 0 Å². The number of thioether (sulfide) groups is 1. The minimum absolute atomic E-state index is 0.00229. The highest BCUT2D eigenvalue weighted by Gasteiger charge is 2.16. The molecule has 2 nitrogen and oxygen atoms in total. The molecule has 100 valence electrons. The molecule has 4 heteroatoms. The SMILES string of the molecule is CO[C@@H](CN[C@@H]1CCCSC1)c1ccc(F)cc1. The lowest BCUT2D eigenvalue weighted by Gasteiger charge is -2.25. The summed E-state index contributed by atoms with van der Waals surface area (Å²) in [4.78, 5) is 0. The molecule has 1 fully saturated rings. The highest BCUT2D eigenvalue weighted by molar-refractivity contribution is 7.99. The van der Waals surface area contributed by atoms with Crippen molar-refractivity contribution in [3.63, 3.8) is 0 Å². The molecule has 0 bridgehead atoms. The first-order valence-corrected chi connectivity index (χ1v) is 7.54. The molecule has 1 aromatic carbocycles. The molecule has 1 N–H and O–H groups in total. The summed E-state index contributed by atoms with van der Waals surface area (Å²) in [7, 11) is 1.70. The molecule has 2 atom stereocenters. The lowest BCUT2D eigenvalue weighted by atomic mass is 10.1. The Morgan fingerprint density at radius 1 is 1.44 bits per heavy atom. The van der Waals surface area contributed by atoms with E-state index in [9.17, 15) is 4.39 Å². The van der Waals surface area contributed by atoms with Crippen LogP contribution in [0.1, 0.15) is 24.5 Å². The summed E-state index contributed by atoms with van der Waals surface area (Å²) in [5.41, 5.74) is 1.02. The molecule has 1 saturated heterocycles. The predicted octanol–water partition coefficient (Wildman–Crippen LogP) is 3.00. The fourth-order valence-electron chi connectivity index (χ4n) is 2.19. The van der Waals surface area contributed by atoms with E-state index in [1.807, 2.05) is 11.8 Å². The first-order valence-electron chi connectivity index (χ1n) is 6.39. The van der Waals surface area contributed by atoms with E-state index in [-0.39, 0.29) is 11.9 Å². The van der Waals surface area contributed by atoms with Gasteiger partial charge in [-0.05, 0) is 36.3 Å². The maximum atomic E-state index is 12.9. The summed E-state index contributed by atoms with van der Waals surface area (Å²) >= 11 is 2.01. The standard InChI is InChI=1S/C14H20FNOS/c1-17-14(11-4-6-12(15)7-5-11)9-16-13-3-2-8-18-10-13/h4-7,13-14,16H,2-3,8-10H2,1H3/t13-,14+/m1/s1. The van der Waals surface area contributed by atoms with Gasteiger partial charge in [-0.25, -0.2) is 4.39 Å². The summed E-state index contributed by atoms with van der Waals surface area (Å²) in [6, 6.07) is 7.14. The molecule has 0 aliphatic carbocycles. The van der Waals surface area contributed by atoms with Crippen molar-refractivity contribution < 1.29 is 9.13 Å². The molecule has 0 aromatic heterocycles. The Labute approximate surface area is 112 Å². The van der Waals surface area contributed by atoms with Gasteiger partial charge < -0.3 is 10.1 Å². The zero-order valence-electron chi connectivity index (χ0n) is 10.7. The number of hydrogen-bond acceptors (Lipinski definition) is 3. The van der Waals surface area contributed by atoms with Crippen molar-refractivity contribution in [2.24, 2.45) is 0 Å². The van der Waals surface area contributed by atoms with Crippen molar-refractivity contribution in [3.05, 3.63) is 35.6 Å². The minimum Gasteiger partial charge on any atom is -0.375 e. The van der Waals surface area contributed by atoms with E-state index in [0.29, 0.717) is 6.04 Å². The van der Waals surface area contributed by atoms with Crippen molar-refractivity contribution in [2.45, 2.75) is 25.0 Å². The molecule has 0 saturated carbocycles. The van der Waals surface area contributed by atoms with Gasteiger partial charge in [-0.15, -0.1) is 0 Å². The second kappa shape index (κ2) is 7.12. The summed E-state index contributed by atoms with van der Waals surface area (Å²) in [6.07, 6.45) is 2.53. The molecule has 0 radical (unpaired) electrons. The molecule has 18 heavy (non-hydrogen) atoms. The Morgan fingerprint density at radius 2 is 2.22 bits per heavy atom. The third-order valence-corrected chi connectivity index (χ3v) is 4.49. The number of halogens is 1. The van der Waals surface area contributed by atoms with Gasteiger partial charge in [0.1, 0.15) is 5.82 Å². The number of hydrogen-bond donors (Lipinski definition) is 1. The predicted molar refractivity (Wildman–Crippen MR) is 74.5 cm³/mol. The van der Waals surface area contributed by atoms with Crippen molar-refractivity contribution >= 4 is 11.8 Å². The second-order valence-electron chi connectivity index (χ2n) is 4.60. The van der Waals surface area contributed by atoms with Crippen LogP contribution < -0.4 is 5.32 Å². The van der Waals surface area contributed by atoms with Crippen LogP contribution in [-0.2, 0) is 4.74 Å². The number of rotatable bonds is 5. The van der Waals surface area contributed by atoms with Gasteiger partial charge >= 0.3 is 0 Å². The fourth-order valence-corrected chi connectivity index (χ4v) is 3.30. The van der Waals surface area contributed by atoms with E-state index >= 15 is 0 Å². The van der Waals surface area contributed by atoms with Crippen LogP contribution >= 0.6 is 11.8 Å². The van der Waals surface area contributed by atoms with Crippen LogP contribution in [0.4, 0.5) is 4.39 Å². The van der Waals surface area contributed by atoms with E-state index in [0.717, 1.165) is 12.1 Å². The lowest BCUT2D eigenvalue weighted by Crippen LogP contribution is -2.36. The van der Waals surface area contributed by atoms with E-state index in [1.54, 1.807) is 19.2 Å². The monoisotopic (exact) mass is 269 g/mol. The second-order valence-corrected chi connectivity index (χ2v) is 5.75. The number of ether oxygens (including phenoxy) is 1. The Morgan fingerprint density at radius 3 is 2.83 bits per heavy atom. The van der Waals surface area contributed by atoms with Crippen molar-refractivity contribution in [3.8, 4) is 0 Å². The average molecular weight is 269 g/mol. The van der Waals surface area contributed by atoms with Crippen molar-refractivity contribution in [2.75, 3.05) is 25.2 Å². The maximum Gasteiger partial charge on any atom is 0.123 e. The topological polar surface area (TPSA) is 21.3 Å². The molecule has 0 spiro atoms. The lowest BCUT2D eigenvalue weighted by molar-refractivity contribution is 0.0996. The molecule has 0 amide bonds. The van der Waals surface area contributed by atoms with Gasteiger partial charge in [-0.2, -0.15) is 11.8 Å². The largest absolute Gasteiger partial charge is 0.375 e. The Balaban J connectivity index is 1.86. The van der Waals surface area contributed by atoms with Crippen LogP contribution in [0, 0.1) is 5.82 Å². The average Bonchev–Trinajstić information content (AvgIpc) is 2.42. The fraction of sp³-hybridized carbons (Fsp3) is 0.571. The molecule has 1 aliphatic rings. The summed E-state index contributed by atoms with van der Waals surface area (Å²) in [6.45, 7) is 0.785. The van der Waals surface area contributed by atoms with Crippen molar-refractivity contribution in [1.29, 1.82) is 0 Å². The minimum atomic E-state index is -0.203. The Kier molecular flexibility index (Phi) is 5.47. The highest BCUT2D eigenvalue weighted by atomic mass is 32.2. The first-order chi connectivity index (χ1) is 8.79. The van der Waals surface area contributed by atoms with Crippen molar-refractivity contribution in [1.82, 2.24) is 5.32 Å². The van der Waals surface area contributed by atoms with Gasteiger partial charge in [0, 0.05) is 25.4 Å². The Hall–Kier alpha value is -0.580. The summed E-state index contributed by atoms with van der Waals surface area (Å²) in [5, 5.41) is 3.55. The summed E-state index contributed by atoms with van der Waals surface area (Å²) in [5.74, 6) is 2.26. The maximum absolute atomic E-state index is 12.9. The number of methoxy groups -OCH3 is 1. The molecular weight excluding hydrogens is 249 g/mol. The molecule has 1 aliphatic heterocycles. The third kappa shape index (κ3) is 3.97. The zero-order valence-corrected chi connectivity index (χ0v) is 11.5. The van der Waals surface area contributed by atoms with Gasteiger partial charge in [0.25, 0.3) is 0 Å². The normalized spacial score (nSPS) is 21.8. The van der Waals surface area contributed by atoms with Crippen LogP contribution in [0.3, 0.4) is 0 Å². The molecular formula is C14H20FNOS. The van der Waals surface area contributed by atoms with Crippen LogP contribution in [0.5, 0.6) is 0 Å². The van der Waals surface area contributed by atoms with Crippen LogP contribution in [0.25, 0.3) is 0 Å². The number of benzene rings is 1. The van der Waals surface area contributed by atoms with E-state index < -0.39 is 0 Å². The summed E-state index contributed by atoms with van der Waals surface area (Å²) < 4.78 is 18.3. The van der Waals surface area contributed by atoms with E-state index in [4.69, 9.17) is 4.74 Å². The van der Waals surface area contributed by atoms with Crippen LogP contribution in [0.2, 0.25) is 0 Å². The smallest absolute Gasteiger partial charge is 0.123 e. The molecule has 1 heterocycles.